The van der Waals surface area contributed by atoms with Gasteiger partial charge in [-0.05, 0) is 57.7 Å². The Morgan fingerprint density at radius 1 is 1.08 bits per heavy atom. The van der Waals surface area contributed by atoms with Crippen molar-refractivity contribution in [2.75, 3.05) is 19.4 Å². The van der Waals surface area contributed by atoms with Gasteiger partial charge in [-0.15, -0.1) is 0 Å². The monoisotopic (exact) mass is 424 g/mol. The van der Waals surface area contributed by atoms with E-state index in [9.17, 15) is 13.2 Å². The number of benzene rings is 2. The molecule has 0 aliphatic rings. The zero-order chi connectivity index (χ0) is 18.8. The van der Waals surface area contributed by atoms with E-state index in [4.69, 9.17) is 0 Å². The summed E-state index contributed by atoms with van der Waals surface area (Å²) in [5.74, 6) is 0.0510. The molecule has 0 saturated heterocycles. The SMILES string of the molecule is CC(C)c1ccc(NC(=O)c2ccc(Br)c(S(=O)(=O)N(C)C)c2)cc1. The van der Waals surface area contributed by atoms with Crippen LogP contribution in [0.3, 0.4) is 0 Å². The van der Waals surface area contributed by atoms with Crippen LogP contribution in [0.4, 0.5) is 5.69 Å². The quantitative estimate of drug-likeness (QED) is 0.785. The largest absolute Gasteiger partial charge is 0.322 e. The summed E-state index contributed by atoms with van der Waals surface area (Å²) in [6, 6.07) is 12.1. The van der Waals surface area contributed by atoms with E-state index in [1.807, 2.05) is 24.3 Å². The van der Waals surface area contributed by atoms with Crippen LogP contribution in [0.1, 0.15) is 35.7 Å². The van der Waals surface area contributed by atoms with E-state index in [-0.39, 0.29) is 16.4 Å². The zero-order valence-electron chi connectivity index (χ0n) is 14.6. The highest BCUT2D eigenvalue weighted by Crippen LogP contribution is 2.26. The lowest BCUT2D eigenvalue weighted by Gasteiger charge is -2.14. The molecule has 0 spiro atoms. The van der Waals surface area contributed by atoms with Crippen LogP contribution >= 0.6 is 15.9 Å². The molecule has 0 heterocycles. The van der Waals surface area contributed by atoms with Gasteiger partial charge in [0.25, 0.3) is 5.91 Å². The summed E-state index contributed by atoms with van der Waals surface area (Å²) in [6.45, 7) is 4.20. The molecule has 5 nitrogen and oxygen atoms in total. The average Bonchev–Trinajstić information content (AvgIpc) is 2.55. The molecule has 2 rings (SSSR count). The highest BCUT2D eigenvalue weighted by atomic mass is 79.9. The predicted molar refractivity (Wildman–Crippen MR) is 103 cm³/mol. The molecule has 0 aromatic heterocycles. The molecule has 0 bridgehead atoms. The normalized spacial score (nSPS) is 11.8. The minimum Gasteiger partial charge on any atom is -0.322 e. The molecular weight excluding hydrogens is 404 g/mol. The third-order valence-corrected chi connectivity index (χ3v) is 6.60. The average molecular weight is 425 g/mol. The number of carbonyl (C=O) groups excluding carboxylic acids is 1. The van der Waals surface area contributed by atoms with Crippen molar-refractivity contribution in [3.8, 4) is 0 Å². The molecule has 0 saturated carbocycles. The van der Waals surface area contributed by atoms with Crippen molar-refractivity contribution in [1.29, 1.82) is 0 Å². The Morgan fingerprint density at radius 3 is 2.20 bits per heavy atom. The number of sulfonamides is 1. The van der Waals surface area contributed by atoms with Crippen LogP contribution in [-0.4, -0.2) is 32.7 Å². The van der Waals surface area contributed by atoms with Gasteiger partial charge < -0.3 is 5.32 Å². The summed E-state index contributed by atoms with van der Waals surface area (Å²) >= 11 is 3.23. The summed E-state index contributed by atoms with van der Waals surface area (Å²) in [5.41, 5.74) is 2.12. The fourth-order valence-electron chi connectivity index (χ4n) is 2.19. The van der Waals surface area contributed by atoms with Gasteiger partial charge in [0.2, 0.25) is 10.0 Å². The van der Waals surface area contributed by atoms with Crippen LogP contribution in [0, 0.1) is 0 Å². The van der Waals surface area contributed by atoms with Crippen molar-refractivity contribution in [3.05, 3.63) is 58.1 Å². The van der Waals surface area contributed by atoms with Crippen molar-refractivity contribution < 1.29 is 13.2 Å². The van der Waals surface area contributed by atoms with Crippen molar-refractivity contribution >= 4 is 37.5 Å². The van der Waals surface area contributed by atoms with E-state index in [0.717, 1.165) is 4.31 Å². The first-order chi connectivity index (χ1) is 11.6. The van der Waals surface area contributed by atoms with Gasteiger partial charge in [-0.1, -0.05) is 26.0 Å². The maximum absolute atomic E-state index is 12.5. The Balaban J connectivity index is 2.28. The van der Waals surface area contributed by atoms with Crippen molar-refractivity contribution in [1.82, 2.24) is 4.31 Å². The number of hydrogen-bond acceptors (Lipinski definition) is 3. The van der Waals surface area contributed by atoms with Crippen molar-refractivity contribution in [2.45, 2.75) is 24.7 Å². The Labute approximate surface area is 157 Å². The minimum absolute atomic E-state index is 0.0558. The third kappa shape index (κ3) is 4.48. The van der Waals surface area contributed by atoms with E-state index in [1.165, 1.54) is 25.7 Å². The Hall–Kier alpha value is -1.70. The fourth-order valence-corrected chi connectivity index (χ4v) is 4.04. The predicted octanol–water partition coefficient (Wildman–Crippen LogP) is 4.08. The van der Waals surface area contributed by atoms with Crippen LogP contribution in [0.2, 0.25) is 0 Å². The molecule has 0 aliphatic carbocycles. The second-order valence-corrected chi connectivity index (χ2v) is 9.14. The molecule has 0 aliphatic heterocycles. The van der Waals surface area contributed by atoms with Crippen LogP contribution in [-0.2, 0) is 10.0 Å². The molecule has 0 unspecified atom stereocenters. The van der Waals surface area contributed by atoms with Crippen molar-refractivity contribution in [2.24, 2.45) is 0 Å². The van der Waals surface area contributed by atoms with Gasteiger partial charge in [-0.25, -0.2) is 12.7 Å². The molecule has 0 radical (unpaired) electrons. The number of rotatable bonds is 5. The smallest absolute Gasteiger partial charge is 0.255 e. The van der Waals surface area contributed by atoms with Crippen LogP contribution in [0.15, 0.2) is 51.8 Å². The highest BCUT2D eigenvalue weighted by Gasteiger charge is 2.22. The lowest BCUT2D eigenvalue weighted by molar-refractivity contribution is 0.102. The van der Waals surface area contributed by atoms with Gasteiger partial charge in [0.15, 0.2) is 0 Å². The first-order valence-corrected chi connectivity index (χ1v) is 9.99. The van der Waals surface area contributed by atoms with Crippen LogP contribution in [0.25, 0.3) is 0 Å². The summed E-state index contributed by atoms with van der Waals surface area (Å²) in [4.78, 5) is 12.5. The van der Waals surface area contributed by atoms with Gasteiger partial charge in [0.05, 0.1) is 4.90 Å². The topological polar surface area (TPSA) is 66.5 Å². The number of carbonyl (C=O) groups is 1. The number of halogens is 1. The van der Waals surface area contributed by atoms with Crippen molar-refractivity contribution in [3.63, 3.8) is 0 Å². The zero-order valence-corrected chi connectivity index (χ0v) is 17.0. The number of nitrogens with zero attached hydrogens (tertiary/aromatic N) is 1. The van der Waals surface area contributed by atoms with E-state index in [2.05, 4.69) is 35.1 Å². The summed E-state index contributed by atoms with van der Waals surface area (Å²) in [5, 5.41) is 2.79. The summed E-state index contributed by atoms with van der Waals surface area (Å²) in [7, 11) is -0.747. The number of hydrogen-bond donors (Lipinski definition) is 1. The molecular formula is C18H21BrN2O3S. The van der Waals surface area contributed by atoms with E-state index in [1.54, 1.807) is 12.1 Å². The lowest BCUT2D eigenvalue weighted by Crippen LogP contribution is -2.23. The number of amides is 1. The van der Waals surface area contributed by atoms with E-state index in [0.29, 0.717) is 16.1 Å². The standard InChI is InChI=1S/C18H21BrN2O3S/c1-12(2)13-5-8-15(9-6-13)20-18(22)14-7-10-16(19)17(11-14)25(23,24)21(3)4/h5-12H,1-4H3,(H,20,22). The molecule has 1 N–H and O–H groups in total. The highest BCUT2D eigenvalue weighted by molar-refractivity contribution is 9.10. The molecule has 2 aromatic carbocycles. The molecule has 134 valence electrons. The first-order valence-electron chi connectivity index (χ1n) is 7.76. The van der Waals surface area contributed by atoms with Crippen LogP contribution < -0.4 is 5.32 Å². The van der Waals surface area contributed by atoms with Gasteiger partial charge >= 0.3 is 0 Å². The maximum Gasteiger partial charge on any atom is 0.255 e. The number of nitrogens with one attached hydrogen (secondary N) is 1. The number of anilines is 1. The molecule has 2 aromatic rings. The lowest BCUT2D eigenvalue weighted by atomic mass is 10.0. The molecule has 0 atom stereocenters. The second kappa shape index (κ2) is 7.68. The maximum atomic E-state index is 12.5. The van der Waals surface area contributed by atoms with E-state index < -0.39 is 10.0 Å². The minimum atomic E-state index is -3.65. The molecule has 7 heteroatoms. The van der Waals surface area contributed by atoms with Gasteiger partial charge in [0, 0.05) is 29.8 Å². The second-order valence-electron chi connectivity index (χ2n) is 6.16. The summed E-state index contributed by atoms with van der Waals surface area (Å²) < 4.78 is 26.2. The first kappa shape index (κ1) is 19.6. The van der Waals surface area contributed by atoms with Gasteiger partial charge in [0.1, 0.15) is 0 Å². The van der Waals surface area contributed by atoms with Gasteiger partial charge in [-0.2, -0.15) is 0 Å². The fraction of sp³-hybridized carbons (Fsp3) is 0.278. The Morgan fingerprint density at radius 2 is 1.68 bits per heavy atom. The molecule has 0 fully saturated rings. The Bertz CT molecular complexity index is 876. The van der Waals surface area contributed by atoms with E-state index >= 15 is 0 Å². The Kier molecular flexibility index (Phi) is 6.03. The van der Waals surface area contributed by atoms with Crippen LogP contribution in [0.5, 0.6) is 0 Å². The van der Waals surface area contributed by atoms with Gasteiger partial charge in [-0.3, -0.25) is 4.79 Å². The summed E-state index contributed by atoms with van der Waals surface area (Å²) in [6.07, 6.45) is 0. The molecule has 1 amide bonds. The molecule has 25 heavy (non-hydrogen) atoms. The third-order valence-electron chi connectivity index (χ3n) is 3.79.